The minimum Gasteiger partial charge on any atom is -0.508 e. The van der Waals surface area contributed by atoms with Gasteiger partial charge in [0, 0.05) is 17.3 Å². The molecule has 0 aliphatic heterocycles. The van der Waals surface area contributed by atoms with Crippen molar-refractivity contribution in [2.24, 2.45) is 0 Å². The molecule has 0 atom stereocenters. The fraction of sp³-hybridized carbons (Fsp3) is 0. The highest BCUT2D eigenvalue weighted by atomic mass is 32.2. The molecule has 0 amide bonds. The molecule has 3 aromatic rings. The van der Waals surface area contributed by atoms with Gasteiger partial charge < -0.3 is 10.2 Å². The van der Waals surface area contributed by atoms with Crippen molar-refractivity contribution in [3.8, 4) is 11.5 Å². The van der Waals surface area contributed by atoms with E-state index in [1.165, 1.54) is 60.7 Å². The highest BCUT2D eigenvalue weighted by Gasteiger charge is 2.14. The number of sulfonamides is 1. The zero-order valence-electron chi connectivity index (χ0n) is 14.6. The quantitative estimate of drug-likeness (QED) is 0.435. The highest BCUT2D eigenvalue weighted by molar-refractivity contribution is 7.92. The molecule has 28 heavy (non-hydrogen) atoms. The fourth-order valence-corrected chi connectivity index (χ4v) is 3.56. The number of nitrogens with one attached hydrogen (secondary N) is 1. The van der Waals surface area contributed by atoms with Gasteiger partial charge in [0.2, 0.25) is 0 Å². The van der Waals surface area contributed by atoms with Crippen LogP contribution in [0.2, 0.25) is 0 Å². The molecule has 0 radical (unpaired) electrons. The van der Waals surface area contributed by atoms with Crippen molar-refractivity contribution in [3.63, 3.8) is 0 Å². The number of benzene rings is 3. The second-order valence-electron chi connectivity index (χ2n) is 5.97. The summed E-state index contributed by atoms with van der Waals surface area (Å²) in [6.07, 6.45) is 2.96. The van der Waals surface area contributed by atoms with Crippen molar-refractivity contribution in [1.29, 1.82) is 0 Å². The van der Waals surface area contributed by atoms with Crippen LogP contribution in [0, 0.1) is 0 Å². The van der Waals surface area contributed by atoms with Crippen LogP contribution in [0.3, 0.4) is 0 Å². The summed E-state index contributed by atoms with van der Waals surface area (Å²) in [6.45, 7) is 0. The molecule has 0 aromatic heterocycles. The molecule has 0 saturated carbocycles. The molecule has 0 unspecified atom stereocenters. The molecule has 7 heteroatoms. The minimum absolute atomic E-state index is 0.0679. The highest BCUT2D eigenvalue weighted by Crippen LogP contribution is 2.20. The molecule has 0 spiro atoms. The first kappa shape index (κ1) is 19.2. The average molecular weight is 395 g/mol. The van der Waals surface area contributed by atoms with Gasteiger partial charge in [0.25, 0.3) is 10.0 Å². The summed E-state index contributed by atoms with van der Waals surface area (Å²) in [5.41, 5.74) is 1.36. The van der Waals surface area contributed by atoms with Crippen LogP contribution in [-0.2, 0) is 10.0 Å². The van der Waals surface area contributed by atoms with Gasteiger partial charge in [-0.1, -0.05) is 24.3 Å². The Kier molecular flexibility index (Phi) is 5.47. The van der Waals surface area contributed by atoms with E-state index in [1.807, 2.05) is 0 Å². The summed E-state index contributed by atoms with van der Waals surface area (Å²) >= 11 is 0. The number of aromatic hydroxyl groups is 2. The van der Waals surface area contributed by atoms with E-state index in [2.05, 4.69) is 4.72 Å². The van der Waals surface area contributed by atoms with Crippen molar-refractivity contribution in [3.05, 3.63) is 90.0 Å². The van der Waals surface area contributed by atoms with Crippen molar-refractivity contribution in [1.82, 2.24) is 0 Å². The van der Waals surface area contributed by atoms with Crippen molar-refractivity contribution < 1.29 is 23.4 Å². The number of phenolic OH excluding ortho intramolecular Hbond substituents is 2. The molecule has 0 aliphatic rings. The summed E-state index contributed by atoms with van der Waals surface area (Å²) < 4.78 is 27.1. The van der Waals surface area contributed by atoms with Gasteiger partial charge in [0.15, 0.2) is 5.78 Å². The van der Waals surface area contributed by atoms with Gasteiger partial charge in [0.05, 0.1) is 4.90 Å². The van der Waals surface area contributed by atoms with Crippen LogP contribution in [-0.4, -0.2) is 24.4 Å². The van der Waals surface area contributed by atoms with Crippen LogP contribution >= 0.6 is 0 Å². The molecule has 3 rings (SSSR count). The molecule has 6 nitrogen and oxygen atoms in total. The van der Waals surface area contributed by atoms with E-state index in [1.54, 1.807) is 18.2 Å². The van der Waals surface area contributed by atoms with E-state index >= 15 is 0 Å². The second kappa shape index (κ2) is 7.98. The Balaban J connectivity index is 1.71. The van der Waals surface area contributed by atoms with Crippen LogP contribution in [0.1, 0.15) is 15.9 Å². The maximum absolute atomic E-state index is 12.3. The lowest BCUT2D eigenvalue weighted by Gasteiger charge is -2.08. The third-order valence-electron chi connectivity index (χ3n) is 3.85. The summed E-state index contributed by atoms with van der Waals surface area (Å²) in [7, 11) is -3.85. The number of anilines is 1. The van der Waals surface area contributed by atoms with Gasteiger partial charge in [-0.2, -0.15) is 0 Å². The maximum Gasteiger partial charge on any atom is 0.262 e. The molecule has 0 aliphatic carbocycles. The van der Waals surface area contributed by atoms with Gasteiger partial charge in [-0.3, -0.25) is 9.52 Å². The molecule has 0 fully saturated rings. The summed E-state index contributed by atoms with van der Waals surface area (Å²) in [5.74, 6) is -0.300. The molecule has 0 heterocycles. The minimum atomic E-state index is -3.85. The first-order chi connectivity index (χ1) is 13.3. The number of hydrogen-bond donors (Lipinski definition) is 3. The predicted octanol–water partition coefficient (Wildman–Crippen LogP) is 3.79. The topological polar surface area (TPSA) is 104 Å². The third-order valence-corrected chi connectivity index (χ3v) is 5.23. The third kappa shape index (κ3) is 4.77. The Hall–Kier alpha value is -3.58. The van der Waals surface area contributed by atoms with Crippen molar-refractivity contribution in [2.75, 3.05) is 4.72 Å². The Morgan fingerprint density at radius 1 is 0.857 bits per heavy atom. The lowest BCUT2D eigenvalue weighted by Crippen LogP contribution is -2.12. The second-order valence-corrected chi connectivity index (χ2v) is 7.66. The Bertz CT molecular complexity index is 1140. The number of carbonyl (C=O) groups is 1. The van der Waals surface area contributed by atoms with E-state index in [0.29, 0.717) is 11.1 Å². The predicted molar refractivity (Wildman–Crippen MR) is 107 cm³/mol. The summed E-state index contributed by atoms with van der Waals surface area (Å²) in [4.78, 5) is 12.2. The van der Waals surface area contributed by atoms with Crippen molar-refractivity contribution in [2.45, 2.75) is 4.90 Å². The number of rotatable bonds is 6. The molecular formula is C21H17NO5S. The number of hydrogen-bond acceptors (Lipinski definition) is 5. The van der Waals surface area contributed by atoms with Gasteiger partial charge in [-0.25, -0.2) is 8.42 Å². The largest absolute Gasteiger partial charge is 0.508 e. The van der Waals surface area contributed by atoms with E-state index in [0.717, 1.165) is 6.07 Å². The number of carbonyl (C=O) groups excluding carboxylic acids is 1. The van der Waals surface area contributed by atoms with E-state index < -0.39 is 10.0 Å². The molecule has 3 N–H and O–H groups in total. The molecule has 0 saturated heterocycles. The van der Waals surface area contributed by atoms with Crippen LogP contribution in [0.5, 0.6) is 11.5 Å². The number of ketones is 1. The first-order valence-corrected chi connectivity index (χ1v) is 9.75. The molecule has 3 aromatic carbocycles. The Morgan fingerprint density at radius 3 is 2.14 bits per heavy atom. The van der Waals surface area contributed by atoms with Crippen LogP contribution in [0.25, 0.3) is 6.08 Å². The Morgan fingerprint density at radius 2 is 1.50 bits per heavy atom. The standard InChI is InChI=1S/C21H17NO5S/c23-18-4-1-3-15(13-18)7-12-21(25)16-8-10-17(11-9-16)22-28(26,27)20-6-2-5-19(24)14-20/h1-14,22-24H/b12-7+. The van der Waals surface area contributed by atoms with E-state index in [9.17, 15) is 23.4 Å². The number of phenols is 2. The molecular weight excluding hydrogens is 378 g/mol. The average Bonchev–Trinajstić information content (AvgIpc) is 2.66. The fourth-order valence-electron chi connectivity index (χ4n) is 2.46. The van der Waals surface area contributed by atoms with Crippen molar-refractivity contribution >= 4 is 27.6 Å². The maximum atomic E-state index is 12.3. The van der Waals surface area contributed by atoms with Gasteiger partial charge >= 0.3 is 0 Å². The van der Waals surface area contributed by atoms with Gasteiger partial charge in [-0.15, -0.1) is 0 Å². The number of allylic oxidation sites excluding steroid dienone is 1. The smallest absolute Gasteiger partial charge is 0.262 e. The van der Waals surface area contributed by atoms with E-state index in [4.69, 9.17) is 0 Å². The van der Waals surface area contributed by atoms with Crippen LogP contribution < -0.4 is 4.72 Å². The van der Waals surface area contributed by atoms with Gasteiger partial charge in [-0.05, 0) is 60.2 Å². The summed E-state index contributed by atoms with van der Waals surface area (Å²) in [5, 5.41) is 18.9. The molecule has 0 bridgehead atoms. The Labute approximate surface area is 162 Å². The van der Waals surface area contributed by atoms with Gasteiger partial charge in [0.1, 0.15) is 11.5 Å². The molecule has 142 valence electrons. The summed E-state index contributed by atoms with van der Waals surface area (Å²) in [6, 6.07) is 17.8. The monoisotopic (exact) mass is 395 g/mol. The van der Waals surface area contributed by atoms with E-state index in [-0.39, 0.29) is 27.9 Å². The zero-order valence-corrected chi connectivity index (χ0v) is 15.4. The SMILES string of the molecule is O=C(/C=C/c1cccc(O)c1)c1ccc(NS(=O)(=O)c2cccc(O)c2)cc1. The first-order valence-electron chi connectivity index (χ1n) is 8.27. The normalized spacial score (nSPS) is 11.4. The lowest BCUT2D eigenvalue weighted by molar-refractivity contribution is 0.104. The zero-order chi connectivity index (χ0) is 20.1. The lowest BCUT2D eigenvalue weighted by atomic mass is 10.1. The van der Waals surface area contributed by atoms with Crippen LogP contribution in [0.4, 0.5) is 5.69 Å². The van der Waals surface area contributed by atoms with Crippen LogP contribution in [0.15, 0.2) is 83.8 Å².